The number of ether oxygens (including phenoxy) is 1. The van der Waals surface area contributed by atoms with Gasteiger partial charge in [0.15, 0.2) is 5.11 Å². The lowest BCUT2D eigenvalue weighted by Gasteiger charge is -2.29. The van der Waals surface area contributed by atoms with Gasteiger partial charge in [0, 0.05) is 40.4 Å². The summed E-state index contributed by atoms with van der Waals surface area (Å²) in [7, 11) is 1.68. The Labute approximate surface area is 222 Å². The smallest absolute Gasteiger partial charge is 0.170 e. The van der Waals surface area contributed by atoms with E-state index in [-0.39, 0.29) is 12.1 Å². The Kier molecular flexibility index (Phi) is 6.73. The number of rotatable bonds is 6. The number of pyridine rings is 1. The summed E-state index contributed by atoms with van der Waals surface area (Å²) in [5, 5.41) is 5.02. The van der Waals surface area contributed by atoms with E-state index in [9.17, 15) is 0 Å². The van der Waals surface area contributed by atoms with Crippen molar-refractivity contribution in [3.05, 3.63) is 112 Å². The topological polar surface area (TPSA) is 42.3 Å². The molecule has 1 N–H and O–H groups in total. The monoisotopic (exact) mass is 516 g/mol. The number of methoxy groups -OCH3 is 1. The molecule has 1 aliphatic rings. The van der Waals surface area contributed by atoms with Crippen LogP contribution in [-0.4, -0.2) is 26.7 Å². The molecule has 36 heavy (non-hydrogen) atoms. The molecule has 184 valence electrons. The van der Waals surface area contributed by atoms with Gasteiger partial charge in [-0.15, -0.1) is 0 Å². The predicted octanol–water partition coefficient (Wildman–Crippen LogP) is 6.63. The molecule has 2 atom stereocenters. The lowest BCUT2D eigenvalue weighted by atomic mass is 9.93. The maximum atomic E-state index is 6.36. The molecular weight excluding hydrogens is 488 g/mol. The van der Waals surface area contributed by atoms with Crippen molar-refractivity contribution in [2.45, 2.75) is 39.4 Å². The summed E-state index contributed by atoms with van der Waals surface area (Å²) in [6, 6.07) is 22.1. The van der Waals surface area contributed by atoms with Crippen LogP contribution in [0.3, 0.4) is 0 Å². The Hall–Kier alpha value is -3.35. The molecule has 1 fully saturated rings. The largest absolute Gasteiger partial charge is 0.497 e. The van der Waals surface area contributed by atoms with E-state index < -0.39 is 0 Å². The van der Waals surface area contributed by atoms with Gasteiger partial charge >= 0.3 is 0 Å². The third kappa shape index (κ3) is 4.36. The average molecular weight is 517 g/mol. The number of hydrogen-bond acceptors (Lipinski definition) is 3. The maximum absolute atomic E-state index is 6.36. The first-order chi connectivity index (χ1) is 17.4. The number of aromatic nitrogens is 2. The van der Waals surface area contributed by atoms with Gasteiger partial charge in [0.25, 0.3) is 0 Å². The first-order valence-corrected chi connectivity index (χ1v) is 12.7. The van der Waals surface area contributed by atoms with E-state index in [1.54, 1.807) is 7.11 Å². The van der Waals surface area contributed by atoms with Gasteiger partial charge in [0.05, 0.1) is 24.9 Å². The van der Waals surface area contributed by atoms with Crippen LogP contribution in [0.2, 0.25) is 5.02 Å². The molecule has 0 radical (unpaired) electrons. The van der Waals surface area contributed by atoms with Crippen LogP contribution in [0.4, 0.5) is 0 Å². The van der Waals surface area contributed by atoms with Crippen LogP contribution in [-0.2, 0) is 6.54 Å². The second-order valence-electron chi connectivity index (χ2n) is 9.13. The van der Waals surface area contributed by atoms with E-state index >= 15 is 0 Å². The van der Waals surface area contributed by atoms with Gasteiger partial charge < -0.3 is 19.5 Å². The molecule has 2 aromatic heterocycles. The Balaban J connectivity index is 1.64. The second-order valence-corrected chi connectivity index (χ2v) is 9.95. The van der Waals surface area contributed by atoms with E-state index in [1.165, 1.54) is 22.5 Å². The van der Waals surface area contributed by atoms with Crippen molar-refractivity contribution in [2.24, 2.45) is 0 Å². The summed E-state index contributed by atoms with van der Waals surface area (Å²) < 4.78 is 7.64. The molecule has 7 heteroatoms. The number of nitrogens with one attached hydrogen (secondary N) is 1. The highest BCUT2D eigenvalue weighted by molar-refractivity contribution is 7.80. The Morgan fingerprint density at radius 2 is 1.78 bits per heavy atom. The fourth-order valence-electron chi connectivity index (χ4n) is 5.26. The minimum absolute atomic E-state index is 0.0337. The van der Waals surface area contributed by atoms with E-state index in [0.717, 1.165) is 32.8 Å². The van der Waals surface area contributed by atoms with E-state index in [4.69, 9.17) is 33.5 Å². The average Bonchev–Trinajstić information content (AvgIpc) is 3.31. The molecule has 2 unspecified atom stereocenters. The summed E-state index contributed by atoms with van der Waals surface area (Å²) >= 11 is 12.3. The van der Waals surface area contributed by atoms with Crippen LogP contribution >= 0.6 is 23.8 Å². The van der Waals surface area contributed by atoms with Crippen molar-refractivity contribution in [3.8, 4) is 11.4 Å². The molecule has 2 aromatic carbocycles. The van der Waals surface area contributed by atoms with E-state index in [0.29, 0.717) is 6.54 Å². The molecule has 5 rings (SSSR count). The number of nitrogens with zero attached hydrogens (tertiary/aromatic N) is 3. The predicted molar refractivity (Wildman–Crippen MR) is 149 cm³/mol. The molecule has 0 saturated carbocycles. The second kappa shape index (κ2) is 9.96. The number of halogens is 1. The minimum atomic E-state index is -0.0797. The van der Waals surface area contributed by atoms with Crippen LogP contribution in [0.15, 0.2) is 72.9 Å². The highest BCUT2D eigenvalue weighted by Crippen LogP contribution is 2.44. The van der Waals surface area contributed by atoms with Gasteiger partial charge in [-0.05, 0) is 86.6 Å². The SMILES string of the molecule is COc1ccc(CN2C(=S)NC(c3ccccn3)C2c2c(C)c(C)n(-c3cccc(Cl)c3)c2C)cc1. The fraction of sp³-hybridized carbons (Fsp3) is 0.241. The molecule has 5 nitrogen and oxygen atoms in total. The third-order valence-electron chi connectivity index (χ3n) is 7.08. The molecule has 0 spiro atoms. The van der Waals surface area contributed by atoms with Crippen LogP contribution in [0, 0.1) is 20.8 Å². The van der Waals surface area contributed by atoms with Gasteiger partial charge in [-0.3, -0.25) is 4.98 Å². The van der Waals surface area contributed by atoms with Crippen LogP contribution in [0.1, 0.15) is 45.9 Å². The van der Waals surface area contributed by atoms with Crippen LogP contribution in [0.5, 0.6) is 5.75 Å². The first-order valence-electron chi connectivity index (χ1n) is 11.9. The summed E-state index contributed by atoms with van der Waals surface area (Å²) in [6.45, 7) is 7.21. The third-order valence-corrected chi connectivity index (χ3v) is 7.67. The summed E-state index contributed by atoms with van der Waals surface area (Å²) in [5.74, 6) is 0.838. The quantitative estimate of drug-likeness (QED) is 0.291. The van der Waals surface area contributed by atoms with Gasteiger partial charge in [-0.1, -0.05) is 35.9 Å². The highest BCUT2D eigenvalue weighted by atomic mass is 35.5. The van der Waals surface area contributed by atoms with Crippen LogP contribution < -0.4 is 10.1 Å². The molecular formula is C29H29ClN4OS. The van der Waals surface area contributed by atoms with Crippen molar-refractivity contribution in [2.75, 3.05) is 7.11 Å². The molecule has 4 aromatic rings. The zero-order valence-corrected chi connectivity index (χ0v) is 22.4. The molecule has 3 heterocycles. The zero-order chi connectivity index (χ0) is 25.4. The van der Waals surface area contributed by atoms with Crippen molar-refractivity contribution in [1.29, 1.82) is 0 Å². The molecule has 1 saturated heterocycles. The summed E-state index contributed by atoms with van der Waals surface area (Å²) in [5.41, 5.74) is 8.03. The zero-order valence-electron chi connectivity index (χ0n) is 20.8. The van der Waals surface area contributed by atoms with Crippen molar-refractivity contribution in [1.82, 2.24) is 19.8 Å². The van der Waals surface area contributed by atoms with Gasteiger partial charge in [0.2, 0.25) is 0 Å². The Morgan fingerprint density at radius 1 is 1.00 bits per heavy atom. The lowest BCUT2D eigenvalue weighted by Crippen LogP contribution is -2.29. The minimum Gasteiger partial charge on any atom is -0.497 e. The Morgan fingerprint density at radius 3 is 2.44 bits per heavy atom. The first kappa shape index (κ1) is 24.3. The number of benzene rings is 2. The van der Waals surface area contributed by atoms with Crippen molar-refractivity contribution < 1.29 is 4.74 Å². The van der Waals surface area contributed by atoms with E-state index in [2.05, 4.69) is 59.8 Å². The summed E-state index contributed by atoms with van der Waals surface area (Å²) in [6.07, 6.45) is 1.84. The molecule has 0 bridgehead atoms. The fourth-order valence-corrected chi connectivity index (χ4v) is 5.75. The van der Waals surface area contributed by atoms with Crippen molar-refractivity contribution >= 4 is 28.9 Å². The van der Waals surface area contributed by atoms with E-state index in [1.807, 2.05) is 48.7 Å². The summed E-state index contributed by atoms with van der Waals surface area (Å²) in [4.78, 5) is 6.99. The Bertz CT molecular complexity index is 1400. The van der Waals surface area contributed by atoms with Crippen molar-refractivity contribution in [3.63, 3.8) is 0 Å². The maximum Gasteiger partial charge on any atom is 0.170 e. The standard InChI is InChI=1S/C29H29ClN4OS/c1-18-19(2)34(23-9-7-8-22(30)16-23)20(3)26(18)28-27(25-10-5-6-15-31-25)32-29(36)33(28)17-21-11-13-24(35-4)14-12-21/h5-16,27-28H,17H2,1-4H3,(H,32,36). The van der Waals surface area contributed by atoms with Gasteiger partial charge in [0.1, 0.15) is 5.75 Å². The number of thiocarbonyl (C=S) groups is 1. The van der Waals surface area contributed by atoms with Gasteiger partial charge in [-0.2, -0.15) is 0 Å². The molecule has 0 amide bonds. The normalized spacial score (nSPS) is 17.4. The highest BCUT2D eigenvalue weighted by Gasteiger charge is 2.42. The lowest BCUT2D eigenvalue weighted by molar-refractivity contribution is 0.309. The van der Waals surface area contributed by atoms with Crippen LogP contribution in [0.25, 0.3) is 5.69 Å². The molecule has 0 aliphatic carbocycles. The van der Waals surface area contributed by atoms with Gasteiger partial charge in [-0.25, -0.2) is 0 Å². The number of hydrogen-bond donors (Lipinski definition) is 1. The molecule has 1 aliphatic heterocycles.